The van der Waals surface area contributed by atoms with E-state index in [-0.39, 0.29) is 6.04 Å². The molecular weight excluding hydrogens is 233 g/mol. The fraction of sp³-hybridized carbons (Fsp3) is 0.333. The van der Waals surface area contributed by atoms with Crippen molar-refractivity contribution in [3.8, 4) is 0 Å². The average Bonchev–Trinajstić information content (AvgIpc) is 2.34. The molecule has 1 unspecified atom stereocenters. The van der Waals surface area contributed by atoms with Crippen LogP contribution < -0.4 is 5.73 Å². The summed E-state index contributed by atoms with van der Waals surface area (Å²) in [5.41, 5.74) is 5.67. The summed E-state index contributed by atoms with van der Waals surface area (Å²) in [6.45, 7) is 0. The molecule has 1 heterocycles. The van der Waals surface area contributed by atoms with Crippen molar-refractivity contribution in [1.82, 2.24) is 0 Å². The first-order valence-electron chi connectivity index (χ1n) is 2.81. The zero-order chi connectivity index (χ0) is 7.56. The lowest BCUT2D eigenvalue weighted by Crippen LogP contribution is -2.09. The van der Waals surface area contributed by atoms with Gasteiger partial charge in [0, 0.05) is 10.8 Å². The Hall–Kier alpha value is 0.430. The molecule has 0 spiro atoms. The van der Waals surface area contributed by atoms with Crippen molar-refractivity contribution in [1.29, 1.82) is 0 Å². The topological polar surface area (TPSA) is 26.0 Å². The fourth-order valence-corrected chi connectivity index (χ4v) is 2.29. The van der Waals surface area contributed by atoms with Gasteiger partial charge in [0.05, 0.1) is 9.83 Å². The molecule has 4 heteroatoms. The zero-order valence-electron chi connectivity index (χ0n) is 5.18. The Morgan fingerprint density at radius 1 is 1.70 bits per heavy atom. The molecule has 0 saturated carbocycles. The number of hydrogen-bond acceptors (Lipinski definition) is 2. The molecule has 0 bridgehead atoms. The van der Waals surface area contributed by atoms with E-state index in [0.29, 0.717) is 5.88 Å². The molecule has 1 aromatic rings. The van der Waals surface area contributed by atoms with Crippen LogP contribution in [0, 0.1) is 0 Å². The SMILES string of the molecule is NC(CCl)c1ccc(Br)s1. The first-order chi connectivity index (χ1) is 4.74. The van der Waals surface area contributed by atoms with Gasteiger partial charge in [-0.1, -0.05) is 0 Å². The molecule has 1 rings (SSSR count). The summed E-state index contributed by atoms with van der Waals surface area (Å²) in [5.74, 6) is 0.479. The Kier molecular flexibility index (Phi) is 3.17. The van der Waals surface area contributed by atoms with Crippen molar-refractivity contribution < 1.29 is 0 Å². The molecule has 0 aromatic carbocycles. The van der Waals surface area contributed by atoms with Crippen LogP contribution in [-0.2, 0) is 0 Å². The van der Waals surface area contributed by atoms with E-state index in [4.69, 9.17) is 17.3 Å². The van der Waals surface area contributed by atoms with Gasteiger partial charge in [0.1, 0.15) is 0 Å². The van der Waals surface area contributed by atoms with E-state index in [0.717, 1.165) is 8.66 Å². The molecule has 0 aliphatic heterocycles. The molecule has 1 nitrogen and oxygen atoms in total. The van der Waals surface area contributed by atoms with Gasteiger partial charge in [-0.15, -0.1) is 22.9 Å². The molecule has 2 N–H and O–H groups in total. The summed E-state index contributed by atoms with van der Waals surface area (Å²) in [6, 6.07) is 3.95. The normalized spacial score (nSPS) is 13.5. The predicted molar refractivity (Wildman–Crippen MR) is 49.7 cm³/mol. The van der Waals surface area contributed by atoms with E-state index in [2.05, 4.69) is 15.9 Å². The van der Waals surface area contributed by atoms with Crippen LogP contribution in [0.1, 0.15) is 10.9 Å². The van der Waals surface area contributed by atoms with Gasteiger partial charge >= 0.3 is 0 Å². The van der Waals surface area contributed by atoms with Gasteiger partial charge in [0.25, 0.3) is 0 Å². The second kappa shape index (κ2) is 3.72. The molecule has 1 aromatic heterocycles. The third kappa shape index (κ3) is 1.95. The number of nitrogens with two attached hydrogens (primary N) is 1. The molecule has 0 amide bonds. The van der Waals surface area contributed by atoms with E-state index in [1.54, 1.807) is 11.3 Å². The average molecular weight is 241 g/mol. The molecule has 0 fully saturated rings. The maximum absolute atomic E-state index is 5.67. The van der Waals surface area contributed by atoms with Crippen LogP contribution in [0.15, 0.2) is 15.9 Å². The molecule has 10 heavy (non-hydrogen) atoms. The fourth-order valence-electron chi connectivity index (χ4n) is 0.604. The second-order valence-corrected chi connectivity index (χ2v) is 4.71. The van der Waals surface area contributed by atoms with Crippen LogP contribution >= 0.6 is 38.9 Å². The molecule has 0 aliphatic carbocycles. The van der Waals surface area contributed by atoms with Gasteiger partial charge in [-0.05, 0) is 28.1 Å². The van der Waals surface area contributed by atoms with Crippen molar-refractivity contribution in [2.45, 2.75) is 6.04 Å². The van der Waals surface area contributed by atoms with Gasteiger partial charge in [-0.25, -0.2) is 0 Å². The number of hydrogen-bond donors (Lipinski definition) is 1. The molecule has 0 radical (unpaired) electrons. The van der Waals surface area contributed by atoms with Crippen LogP contribution in [0.25, 0.3) is 0 Å². The Morgan fingerprint density at radius 2 is 2.40 bits per heavy atom. The Bertz CT molecular complexity index is 213. The third-order valence-corrected chi connectivity index (χ3v) is 3.21. The lowest BCUT2D eigenvalue weighted by Gasteiger charge is -2.01. The Labute approximate surface area is 77.3 Å². The minimum Gasteiger partial charge on any atom is -0.322 e. The van der Waals surface area contributed by atoms with Crippen molar-refractivity contribution in [2.75, 3.05) is 5.88 Å². The second-order valence-electron chi connectivity index (χ2n) is 1.90. The van der Waals surface area contributed by atoms with Crippen molar-refractivity contribution in [3.63, 3.8) is 0 Å². The molecular formula is C6H7BrClNS. The minimum absolute atomic E-state index is 0.0158. The van der Waals surface area contributed by atoms with E-state index in [1.165, 1.54) is 0 Å². The third-order valence-electron chi connectivity index (χ3n) is 1.13. The zero-order valence-corrected chi connectivity index (χ0v) is 8.34. The summed E-state index contributed by atoms with van der Waals surface area (Å²) in [4.78, 5) is 1.13. The molecule has 1 atom stereocenters. The lowest BCUT2D eigenvalue weighted by molar-refractivity contribution is 0.847. The maximum Gasteiger partial charge on any atom is 0.0701 e. The van der Waals surface area contributed by atoms with Crippen molar-refractivity contribution >= 4 is 38.9 Å². The summed E-state index contributed by atoms with van der Waals surface area (Å²) < 4.78 is 1.10. The number of rotatable bonds is 2. The Morgan fingerprint density at radius 3 is 2.80 bits per heavy atom. The van der Waals surface area contributed by atoms with E-state index < -0.39 is 0 Å². The number of halogens is 2. The minimum atomic E-state index is -0.0158. The highest BCUT2D eigenvalue weighted by Gasteiger charge is 2.05. The van der Waals surface area contributed by atoms with Crippen LogP contribution in [-0.4, -0.2) is 5.88 Å². The molecule has 56 valence electrons. The van der Waals surface area contributed by atoms with E-state index in [1.807, 2.05) is 12.1 Å². The summed E-state index contributed by atoms with van der Waals surface area (Å²) in [5, 5.41) is 0. The van der Waals surface area contributed by atoms with Gasteiger partial charge in [0.2, 0.25) is 0 Å². The van der Waals surface area contributed by atoms with Crippen LogP contribution in [0.4, 0.5) is 0 Å². The van der Waals surface area contributed by atoms with Crippen molar-refractivity contribution in [3.05, 3.63) is 20.8 Å². The monoisotopic (exact) mass is 239 g/mol. The summed E-state index contributed by atoms with van der Waals surface area (Å²) in [6.07, 6.45) is 0. The smallest absolute Gasteiger partial charge is 0.0701 e. The predicted octanol–water partition coefficient (Wildman–Crippen LogP) is 2.75. The van der Waals surface area contributed by atoms with Crippen molar-refractivity contribution in [2.24, 2.45) is 5.73 Å². The highest BCUT2D eigenvalue weighted by molar-refractivity contribution is 9.11. The summed E-state index contributed by atoms with van der Waals surface area (Å²) in [7, 11) is 0. The highest BCUT2D eigenvalue weighted by atomic mass is 79.9. The van der Waals surface area contributed by atoms with Crippen LogP contribution in [0.5, 0.6) is 0 Å². The summed E-state index contributed by atoms with van der Waals surface area (Å²) >= 11 is 10.5. The highest BCUT2D eigenvalue weighted by Crippen LogP contribution is 2.26. The quantitative estimate of drug-likeness (QED) is 0.791. The number of alkyl halides is 1. The molecule has 0 aliphatic rings. The van der Waals surface area contributed by atoms with E-state index >= 15 is 0 Å². The van der Waals surface area contributed by atoms with Gasteiger partial charge in [0.15, 0.2) is 0 Å². The lowest BCUT2D eigenvalue weighted by atomic mass is 10.3. The first-order valence-corrected chi connectivity index (χ1v) is 4.95. The Balaban J connectivity index is 2.74. The van der Waals surface area contributed by atoms with Gasteiger partial charge in [-0.2, -0.15) is 0 Å². The van der Waals surface area contributed by atoms with E-state index in [9.17, 15) is 0 Å². The maximum atomic E-state index is 5.67. The molecule has 0 saturated heterocycles. The standard InChI is InChI=1S/C6H7BrClNS/c7-6-2-1-5(10-6)4(9)3-8/h1-2,4H,3,9H2. The van der Waals surface area contributed by atoms with Gasteiger partial charge < -0.3 is 5.73 Å². The first kappa shape index (κ1) is 8.53. The number of thiophene rings is 1. The largest absolute Gasteiger partial charge is 0.322 e. The van der Waals surface area contributed by atoms with Gasteiger partial charge in [-0.3, -0.25) is 0 Å². The van der Waals surface area contributed by atoms with Crippen LogP contribution in [0.3, 0.4) is 0 Å². The van der Waals surface area contributed by atoms with Crippen LogP contribution in [0.2, 0.25) is 0 Å².